The number of aromatic hydroxyl groups is 1. The topological polar surface area (TPSA) is 53.7 Å². The number of fused-ring (bicyclic) bond motifs is 1. The van der Waals surface area contributed by atoms with Gasteiger partial charge in [-0.1, -0.05) is 20.8 Å². The number of benzene rings is 1. The van der Waals surface area contributed by atoms with Crippen molar-refractivity contribution < 1.29 is 9.52 Å². The quantitative estimate of drug-likeness (QED) is 0.920. The lowest BCUT2D eigenvalue weighted by molar-refractivity contribution is 0.290. The van der Waals surface area contributed by atoms with Gasteiger partial charge in [-0.25, -0.2) is 0 Å². The summed E-state index contributed by atoms with van der Waals surface area (Å²) in [6.07, 6.45) is 0.658. The highest BCUT2D eigenvalue weighted by atomic mass is 35.5. The number of halogens is 1. The molecule has 2 rings (SSSR count). The average Bonchev–Trinajstić information content (AvgIpc) is 2.46. The van der Waals surface area contributed by atoms with Crippen LogP contribution in [0.15, 0.2) is 27.4 Å². The molecule has 5 heteroatoms. The van der Waals surface area contributed by atoms with Crippen molar-refractivity contribution in [3.05, 3.63) is 39.7 Å². The van der Waals surface area contributed by atoms with Gasteiger partial charge >= 0.3 is 0 Å². The number of hydrogen-bond acceptors (Lipinski definition) is 4. The highest BCUT2D eigenvalue weighted by molar-refractivity contribution is 5.85. The van der Waals surface area contributed by atoms with Crippen LogP contribution in [0.2, 0.25) is 0 Å². The lowest BCUT2D eigenvalue weighted by Crippen LogP contribution is -2.22. The van der Waals surface area contributed by atoms with Gasteiger partial charge in [0.25, 0.3) is 0 Å². The summed E-state index contributed by atoms with van der Waals surface area (Å²) in [5, 5.41) is 10.6. The maximum Gasteiger partial charge on any atom is 0.192 e. The third-order valence-electron chi connectivity index (χ3n) is 3.65. The minimum Gasteiger partial charge on any atom is -0.507 e. The predicted octanol–water partition coefficient (Wildman–Crippen LogP) is 3.32. The molecule has 21 heavy (non-hydrogen) atoms. The van der Waals surface area contributed by atoms with Crippen molar-refractivity contribution in [1.82, 2.24) is 4.90 Å². The fourth-order valence-electron chi connectivity index (χ4n) is 2.31. The fraction of sp³-hybridized carbons (Fsp3) is 0.438. The molecule has 0 aliphatic heterocycles. The maximum atomic E-state index is 12.1. The summed E-state index contributed by atoms with van der Waals surface area (Å²) in [6.45, 7) is 8.41. The van der Waals surface area contributed by atoms with Crippen molar-refractivity contribution in [2.45, 2.75) is 33.7 Å². The maximum absolute atomic E-state index is 12.1. The zero-order chi connectivity index (χ0) is 14.7. The molecule has 1 aromatic carbocycles. The van der Waals surface area contributed by atoms with Crippen LogP contribution in [0.25, 0.3) is 11.0 Å². The van der Waals surface area contributed by atoms with E-state index in [2.05, 4.69) is 18.7 Å². The summed E-state index contributed by atoms with van der Waals surface area (Å²) in [5.74, 6) is 0.828. The first-order valence-corrected chi connectivity index (χ1v) is 7.10. The molecule has 0 saturated heterocycles. The predicted molar refractivity (Wildman–Crippen MR) is 87.4 cm³/mol. The van der Waals surface area contributed by atoms with Crippen LogP contribution in [0.4, 0.5) is 0 Å². The van der Waals surface area contributed by atoms with E-state index in [1.807, 2.05) is 6.92 Å². The van der Waals surface area contributed by atoms with Gasteiger partial charge in [-0.15, -0.1) is 12.4 Å². The molecule has 1 heterocycles. The van der Waals surface area contributed by atoms with E-state index in [4.69, 9.17) is 4.42 Å². The number of nitrogens with zero attached hydrogens (tertiary/aromatic N) is 1. The lowest BCUT2D eigenvalue weighted by Gasteiger charge is -2.19. The molecular formula is C16H22ClNO3. The molecular weight excluding hydrogens is 290 g/mol. The molecule has 0 aliphatic rings. The van der Waals surface area contributed by atoms with Crippen molar-refractivity contribution in [2.75, 3.05) is 13.1 Å². The van der Waals surface area contributed by atoms with Gasteiger partial charge in [0, 0.05) is 19.0 Å². The molecule has 4 nitrogen and oxygen atoms in total. The van der Waals surface area contributed by atoms with Gasteiger partial charge in [0.05, 0.1) is 10.9 Å². The van der Waals surface area contributed by atoms with E-state index in [9.17, 15) is 9.90 Å². The number of rotatable bonds is 5. The van der Waals surface area contributed by atoms with Gasteiger partial charge in [-0.05, 0) is 25.2 Å². The van der Waals surface area contributed by atoms with Crippen molar-refractivity contribution in [1.29, 1.82) is 0 Å². The summed E-state index contributed by atoms with van der Waals surface area (Å²) in [4.78, 5) is 14.3. The van der Waals surface area contributed by atoms with Gasteiger partial charge in [0.1, 0.15) is 17.1 Å². The van der Waals surface area contributed by atoms with Gasteiger partial charge < -0.3 is 9.52 Å². The fourth-order valence-corrected chi connectivity index (χ4v) is 2.31. The number of hydrogen-bond donors (Lipinski definition) is 1. The first-order valence-electron chi connectivity index (χ1n) is 7.10. The monoisotopic (exact) mass is 311 g/mol. The molecule has 116 valence electrons. The second-order valence-electron chi connectivity index (χ2n) is 4.83. The molecule has 0 aliphatic carbocycles. The second kappa shape index (κ2) is 7.48. The van der Waals surface area contributed by atoms with E-state index in [0.717, 1.165) is 13.1 Å². The molecule has 0 amide bonds. The van der Waals surface area contributed by atoms with Crippen LogP contribution in [0.3, 0.4) is 0 Å². The molecule has 0 atom stereocenters. The Morgan fingerprint density at radius 3 is 2.43 bits per heavy atom. The van der Waals surface area contributed by atoms with Gasteiger partial charge in [-0.3, -0.25) is 9.69 Å². The number of aryl methyl sites for hydroxylation is 1. The van der Waals surface area contributed by atoms with Crippen LogP contribution < -0.4 is 5.43 Å². The Bertz CT molecular complexity index is 662. The van der Waals surface area contributed by atoms with Gasteiger partial charge in [0.15, 0.2) is 5.43 Å². The van der Waals surface area contributed by atoms with Crippen LogP contribution in [0.5, 0.6) is 5.75 Å². The molecule has 0 fully saturated rings. The molecule has 0 bridgehead atoms. The van der Waals surface area contributed by atoms with Crippen molar-refractivity contribution in [2.24, 2.45) is 0 Å². The summed E-state index contributed by atoms with van der Waals surface area (Å²) in [6, 6.07) is 4.73. The Labute approximate surface area is 130 Å². The SMILES string of the molecule is CCc1cc(=O)c2ccc(O)c(CN(CC)CC)c2o1.Cl. The van der Waals surface area contributed by atoms with Crippen LogP contribution >= 0.6 is 12.4 Å². The minimum atomic E-state index is -0.0519. The van der Waals surface area contributed by atoms with E-state index in [0.29, 0.717) is 35.3 Å². The second-order valence-corrected chi connectivity index (χ2v) is 4.83. The third-order valence-corrected chi connectivity index (χ3v) is 3.65. The molecule has 2 aromatic rings. The van der Waals surface area contributed by atoms with Gasteiger partial charge in [-0.2, -0.15) is 0 Å². The van der Waals surface area contributed by atoms with Crippen molar-refractivity contribution in [3.63, 3.8) is 0 Å². The molecule has 0 spiro atoms. The zero-order valence-corrected chi connectivity index (χ0v) is 13.5. The van der Waals surface area contributed by atoms with E-state index >= 15 is 0 Å². The molecule has 0 radical (unpaired) electrons. The van der Waals surface area contributed by atoms with Crippen LogP contribution in [0.1, 0.15) is 32.1 Å². The van der Waals surface area contributed by atoms with Crippen LogP contribution in [0, 0.1) is 0 Å². The van der Waals surface area contributed by atoms with E-state index in [1.54, 1.807) is 12.1 Å². The van der Waals surface area contributed by atoms with Crippen LogP contribution in [-0.4, -0.2) is 23.1 Å². The number of phenolic OH excluding ortho intramolecular Hbond substituents is 1. The standard InChI is InChI=1S/C16H21NO3.ClH/c1-4-11-9-15(19)12-7-8-14(18)13(16(12)20-11)10-17(5-2)6-3;/h7-9,18H,4-6,10H2,1-3H3;1H. The Kier molecular flexibility index (Phi) is 6.24. The normalized spacial score (nSPS) is 10.9. The first kappa shape index (κ1) is 17.5. The zero-order valence-electron chi connectivity index (χ0n) is 12.7. The Hall–Kier alpha value is -1.52. The average molecular weight is 312 g/mol. The Balaban J connectivity index is 0.00000220. The highest BCUT2D eigenvalue weighted by Gasteiger charge is 2.15. The first-order chi connectivity index (χ1) is 9.60. The summed E-state index contributed by atoms with van der Waals surface area (Å²) >= 11 is 0. The molecule has 0 saturated carbocycles. The smallest absolute Gasteiger partial charge is 0.192 e. The Morgan fingerprint density at radius 2 is 1.86 bits per heavy atom. The van der Waals surface area contributed by atoms with Gasteiger partial charge in [0.2, 0.25) is 0 Å². The van der Waals surface area contributed by atoms with E-state index < -0.39 is 0 Å². The molecule has 1 N–H and O–H groups in total. The summed E-state index contributed by atoms with van der Waals surface area (Å²) < 4.78 is 5.81. The molecule has 0 unspecified atom stereocenters. The molecule has 1 aromatic heterocycles. The number of phenols is 1. The van der Waals surface area contributed by atoms with Crippen LogP contribution in [-0.2, 0) is 13.0 Å². The van der Waals surface area contributed by atoms with E-state index in [-0.39, 0.29) is 23.6 Å². The third kappa shape index (κ3) is 3.57. The Morgan fingerprint density at radius 1 is 1.19 bits per heavy atom. The van der Waals surface area contributed by atoms with E-state index in [1.165, 1.54) is 6.07 Å². The van der Waals surface area contributed by atoms with Crippen molar-refractivity contribution >= 4 is 23.4 Å². The van der Waals surface area contributed by atoms with Crippen molar-refractivity contribution in [3.8, 4) is 5.75 Å². The largest absolute Gasteiger partial charge is 0.507 e. The highest BCUT2D eigenvalue weighted by Crippen LogP contribution is 2.27. The minimum absolute atomic E-state index is 0. The summed E-state index contributed by atoms with van der Waals surface area (Å²) in [7, 11) is 0. The lowest BCUT2D eigenvalue weighted by atomic mass is 10.1. The summed E-state index contributed by atoms with van der Waals surface area (Å²) in [5.41, 5.74) is 1.16.